The van der Waals surface area contributed by atoms with E-state index in [4.69, 9.17) is 0 Å². The van der Waals surface area contributed by atoms with Crippen molar-refractivity contribution in [2.24, 2.45) is 0 Å². The number of anilines is 3. The number of fused-ring (bicyclic) bond motifs is 1. The molecule has 121 valence electrons. The molecule has 3 rings (SSSR count). The molecule has 0 amide bonds. The lowest BCUT2D eigenvalue weighted by Crippen LogP contribution is -2.11. The molecule has 4 nitrogen and oxygen atoms in total. The molecule has 0 bridgehead atoms. The van der Waals surface area contributed by atoms with E-state index in [1.54, 1.807) is 11.0 Å². The van der Waals surface area contributed by atoms with Crippen molar-refractivity contribution in [3.63, 3.8) is 0 Å². The third kappa shape index (κ3) is 2.62. The zero-order valence-corrected chi connectivity index (χ0v) is 12.1. The van der Waals surface area contributed by atoms with Gasteiger partial charge in [0.05, 0.1) is 22.6 Å². The molecular formula is C16H14F3N2O2. The normalized spacial score (nSPS) is 13.8. The second kappa shape index (κ2) is 5.26. The van der Waals surface area contributed by atoms with Crippen LogP contribution in [-0.4, -0.2) is 10.2 Å². The molecule has 7 heteroatoms. The van der Waals surface area contributed by atoms with Crippen LogP contribution in [0.1, 0.15) is 18.1 Å². The molecular weight excluding hydrogens is 309 g/mol. The van der Waals surface area contributed by atoms with Crippen LogP contribution in [0.3, 0.4) is 0 Å². The van der Waals surface area contributed by atoms with Crippen molar-refractivity contribution in [1.82, 2.24) is 0 Å². The van der Waals surface area contributed by atoms with Gasteiger partial charge in [-0.3, -0.25) is 0 Å². The summed E-state index contributed by atoms with van der Waals surface area (Å²) in [5.41, 5.74) is 1.05. The van der Waals surface area contributed by atoms with Gasteiger partial charge in [-0.2, -0.15) is 13.2 Å². The summed E-state index contributed by atoms with van der Waals surface area (Å²) in [5, 5.41) is 22.6. The molecule has 1 aliphatic rings. The fourth-order valence-electron chi connectivity index (χ4n) is 2.53. The SMILES string of the molecule is CCc1cc(N2[CH]Nc3cc(C(F)(F)F)ccc32)c(O)cc1O. The first-order chi connectivity index (χ1) is 10.8. The Morgan fingerprint density at radius 3 is 2.43 bits per heavy atom. The van der Waals surface area contributed by atoms with E-state index in [-0.39, 0.29) is 11.5 Å². The minimum Gasteiger partial charge on any atom is -0.508 e. The highest BCUT2D eigenvalue weighted by atomic mass is 19.4. The second-order valence-corrected chi connectivity index (χ2v) is 5.20. The topological polar surface area (TPSA) is 55.7 Å². The molecule has 2 aromatic rings. The molecule has 0 fully saturated rings. The van der Waals surface area contributed by atoms with Crippen molar-refractivity contribution in [3.05, 3.63) is 48.1 Å². The Labute approximate surface area is 130 Å². The maximum Gasteiger partial charge on any atom is 0.416 e. The van der Waals surface area contributed by atoms with Crippen LogP contribution in [-0.2, 0) is 12.6 Å². The number of benzene rings is 2. The van der Waals surface area contributed by atoms with Gasteiger partial charge in [0.2, 0.25) is 0 Å². The minimum absolute atomic E-state index is 0.0199. The van der Waals surface area contributed by atoms with Gasteiger partial charge in [-0.1, -0.05) is 6.92 Å². The van der Waals surface area contributed by atoms with E-state index in [1.165, 1.54) is 18.8 Å². The molecule has 0 aromatic heterocycles. The fourth-order valence-corrected chi connectivity index (χ4v) is 2.53. The summed E-state index contributed by atoms with van der Waals surface area (Å²) >= 11 is 0. The molecule has 1 heterocycles. The number of nitrogens with one attached hydrogen (secondary N) is 1. The molecule has 1 aliphatic heterocycles. The van der Waals surface area contributed by atoms with Gasteiger partial charge in [-0.25, -0.2) is 0 Å². The number of aromatic hydroxyl groups is 2. The Bertz CT molecular complexity index is 760. The van der Waals surface area contributed by atoms with E-state index in [0.717, 1.165) is 12.1 Å². The highest BCUT2D eigenvalue weighted by Gasteiger charge is 2.33. The number of halogens is 3. The van der Waals surface area contributed by atoms with Crippen LogP contribution in [0, 0.1) is 6.67 Å². The second-order valence-electron chi connectivity index (χ2n) is 5.20. The largest absolute Gasteiger partial charge is 0.508 e. The molecule has 0 atom stereocenters. The number of aryl methyl sites for hydroxylation is 1. The smallest absolute Gasteiger partial charge is 0.416 e. The predicted molar refractivity (Wildman–Crippen MR) is 80.7 cm³/mol. The Balaban J connectivity index is 2.04. The Morgan fingerprint density at radius 2 is 1.78 bits per heavy atom. The van der Waals surface area contributed by atoms with Gasteiger partial charge in [-0.15, -0.1) is 0 Å². The molecule has 0 aliphatic carbocycles. The third-order valence-electron chi connectivity index (χ3n) is 3.75. The van der Waals surface area contributed by atoms with E-state index < -0.39 is 11.7 Å². The van der Waals surface area contributed by atoms with Crippen LogP contribution in [0.25, 0.3) is 0 Å². The lowest BCUT2D eigenvalue weighted by atomic mass is 10.1. The number of phenolic OH excluding ortho intramolecular Hbond substituents is 2. The van der Waals surface area contributed by atoms with Crippen molar-refractivity contribution >= 4 is 17.1 Å². The number of hydrogen-bond donors (Lipinski definition) is 3. The maximum absolute atomic E-state index is 12.8. The van der Waals surface area contributed by atoms with Gasteiger partial charge in [-0.05, 0) is 36.2 Å². The van der Waals surface area contributed by atoms with Crippen molar-refractivity contribution in [2.45, 2.75) is 19.5 Å². The number of nitrogens with zero attached hydrogens (tertiary/aromatic N) is 1. The van der Waals surface area contributed by atoms with E-state index in [9.17, 15) is 23.4 Å². The predicted octanol–water partition coefficient (Wildman–Crippen LogP) is 4.36. The monoisotopic (exact) mass is 323 g/mol. The molecule has 0 saturated carbocycles. The summed E-state index contributed by atoms with van der Waals surface area (Å²) < 4.78 is 38.3. The summed E-state index contributed by atoms with van der Waals surface area (Å²) in [6.45, 7) is 3.32. The van der Waals surface area contributed by atoms with Crippen LogP contribution in [0.2, 0.25) is 0 Å². The van der Waals surface area contributed by atoms with E-state index >= 15 is 0 Å². The van der Waals surface area contributed by atoms with Crippen molar-refractivity contribution in [2.75, 3.05) is 10.2 Å². The summed E-state index contributed by atoms with van der Waals surface area (Å²) in [4.78, 5) is 1.55. The van der Waals surface area contributed by atoms with Gasteiger partial charge in [0.15, 0.2) is 0 Å². The van der Waals surface area contributed by atoms with Crippen molar-refractivity contribution in [1.29, 1.82) is 0 Å². The standard InChI is InChI=1S/C16H14F3N2O2/c1-2-9-5-13(15(23)7-14(9)22)21-8-20-11-6-10(16(17,18)19)3-4-12(11)21/h3-8,20,22-23H,2H2,1H3. The summed E-state index contributed by atoms with van der Waals surface area (Å²) in [5.74, 6) is -0.181. The summed E-state index contributed by atoms with van der Waals surface area (Å²) in [6.07, 6.45) is -3.86. The lowest BCUT2D eigenvalue weighted by molar-refractivity contribution is -0.137. The highest BCUT2D eigenvalue weighted by molar-refractivity contribution is 5.86. The lowest BCUT2D eigenvalue weighted by Gasteiger charge is -2.20. The number of rotatable bonds is 2. The molecule has 23 heavy (non-hydrogen) atoms. The fraction of sp³-hybridized carbons (Fsp3) is 0.188. The van der Waals surface area contributed by atoms with E-state index in [2.05, 4.69) is 5.32 Å². The first-order valence-electron chi connectivity index (χ1n) is 6.96. The molecule has 3 N–H and O–H groups in total. The van der Waals surface area contributed by atoms with Gasteiger partial charge < -0.3 is 20.4 Å². The summed E-state index contributed by atoms with van der Waals surface area (Å²) in [6, 6.07) is 6.18. The van der Waals surface area contributed by atoms with Gasteiger partial charge in [0.1, 0.15) is 18.2 Å². The molecule has 0 spiro atoms. The maximum atomic E-state index is 12.8. The zero-order chi connectivity index (χ0) is 16.8. The Morgan fingerprint density at radius 1 is 1.04 bits per heavy atom. The molecule has 0 unspecified atom stereocenters. The molecule has 2 aromatic carbocycles. The quantitative estimate of drug-likeness (QED) is 0.768. The van der Waals surface area contributed by atoms with Crippen LogP contribution in [0.5, 0.6) is 11.5 Å². The number of phenols is 2. The first-order valence-corrected chi connectivity index (χ1v) is 6.96. The number of alkyl halides is 3. The molecule has 1 radical (unpaired) electrons. The van der Waals surface area contributed by atoms with Crippen LogP contribution < -0.4 is 10.2 Å². The number of hydrogen-bond acceptors (Lipinski definition) is 4. The Hall–Kier alpha value is -2.57. The van der Waals surface area contributed by atoms with E-state index in [1.807, 2.05) is 6.92 Å². The van der Waals surface area contributed by atoms with E-state index in [0.29, 0.717) is 29.0 Å². The Kier molecular flexibility index (Phi) is 3.50. The highest BCUT2D eigenvalue weighted by Crippen LogP contribution is 2.45. The van der Waals surface area contributed by atoms with Crippen molar-refractivity contribution < 1.29 is 23.4 Å². The van der Waals surface area contributed by atoms with Crippen molar-refractivity contribution in [3.8, 4) is 11.5 Å². The first kappa shape index (κ1) is 15.3. The summed E-state index contributed by atoms with van der Waals surface area (Å²) in [7, 11) is 0. The van der Waals surface area contributed by atoms with Gasteiger partial charge in [0.25, 0.3) is 0 Å². The zero-order valence-electron chi connectivity index (χ0n) is 12.1. The van der Waals surface area contributed by atoms with Crippen LogP contribution in [0.4, 0.5) is 30.2 Å². The molecule has 0 saturated heterocycles. The van der Waals surface area contributed by atoms with Gasteiger partial charge in [0, 0.05) is 6.07 Å². The average molecular weight is 323 g/mol. The third-order valence-corrected chi connectivity index (χ3v) is 3.75. The minimum atomic E-state index is -4.42. The van der Waals surface area contributed by atoms with Crippen LogP contribution in [0.15, 0.2) is 30.3 Å². The van der Waals surface area contributed by atoms with Crippen LogP contribution >= 0.6 is 0 Å². The average Bonchev–Trinajstić information content (AvgIpc) is 2.89. The van der Waals surface area contributed by atoms with Gasteiger partial charge >= 0.3 is 6.18 Å².